The van der Waals surface area contributed by atoms with Crippen molar-refractivity contribution in [3.63, 3.8) is 0 Å². The van der Waals surface area contributed by atoms with E-state index < -0.39 is 30.6 Å². The van der Waals surface area contributed by atoms with Gasteiger partial charge in [-0.05, 0) is 11.6 Å². The molecule has 2 amide bonds. The monoisotopic (exact) mass is 360 g/mol. The number of fused-ring (bicyclic) bond motifs is 1. The van der Waals surface area contributed by atoms with Crippen LogP contribution in [0.3, 0.4) is 0 Å². The summed E-state index contributed by atoms with van der Waals surface area (Å²) in [6.45, 7) is 3.23. The molecule has 2 aromatic carbocycles. The summed E-state index contributed by atoms with van der Waals surface area (Å²) in [6, 6.07) is 11.6. The summed E-state index contributed by atoms with van der Waals surface area (Å²) in [7, 11) is 0. The van der Waals surface area contributed by atoms with Gasteiger partial charge in [0.2, 0.25) is 5.91 Å². The molecular weight excluding hydrogens is 345 g/mol. The van der Waals surface area contributed by atoms with Gasteiger partial charge in [0.25, 0.3) is 5.91 Å². The van der Waals surface area contributed by atoms with Gasteiger partial charge in [0.05, 0.1) is 0 Å². The molecule has 1 atom stereocenters. The highest BCUT2D eigenvalue weighted by molar-refractivity contribution is 6.10. The summed E-state index contributed by atoms with van der Waals surface area (Å²) in [5.74, 6) is -1.37. The summed E-state index contributed by atoms with van der Waals surface area (Å²) < 4.78 is 40.0. The molecule has 26 heavy (non-hydrogen) atoms. The maximum Gasteiger partial charge on any atom is 0.412 e. The number of benzene rings is 2. The Hall–Kier alpha value is -3.09. The second kappa shape index (κ2) is 6.67. The molecule has 2 aromatic rings. The average molecular weight is 360 g/mol. The van der Waals surface area contributed by atoms with Crippen molar-refractivity contribution >= 4 is 17.5 Å². The van der Waals surface area contributed by atoms with E-state index in [1.165, 1.54) is 24.3 Å². The van der Waals surface area contributed by atoms with E-state index in [2.05, 4.69) is 6.58 Å². The molecule has 0 bridgehead atoms. The first kappa shape index (κ1) is 17.7. The Morgan fingerprint density at radius 3 is 2.19 bits per heavy atom. The Bertz CT molecular complexity index is 828. The second-order valence-electron chi connectivity index (χ2n) is 5.84. The highest BCUT2D eigenvalue weighted by Crippen LogP contribution is 2.33. The van der Waals surface area contributed by atoms with Crippen LogP contribution in [0.25, 0.3) is 5.70 Å². The molecule has 134 valence electrons. The van der Waals surface area contributed by atoms with E-state index in [-0.39, 0.29) is 5.56 Å². The molecule has 1 N–H and O–H groups in total. The Balaban J connectivity index is 1.76. The highest BCUT2D eigenvalue weighted by atomic mass is 19.4. The minimum atomic E-state index is -4.66. The number of amides is 2. The summed E-state index contributed by atoms with van der Waals surface area (Å²) in [5, 5.41) is 1.97. The molecular formula is C19H15F3N2O2. The molecule has 1 aliphatic heterocycles. The van der Waals surface area contributed by atoms with Crippen molar-refractivity contribution in [2.45, 2.75) is 12.2 Å². The number of nitrogens with zero attached hydrogens (tertiary/aromatic N) is 1. The van der Waals surface area contributed by atoms with E-state index in [1.54, 1.807) is 30.3 Å². The zero-order valence-corrected chi connectivity index (χ0v) is 13.6. The molecule has 4 nitrogen and oxygen atoms in total. The van der Waals surface area contributed by atoms with E-state index in [4.69, 9.17) is 0 Å². The Kier molecular flexibility index (Phi) is 4.54. The van der Waals surface area contributed by atoms with Crippen molar-refractivity contribution in [2.24, 2.45) is 0 Å². The normalized spacial score (nSPS) is 15.0. The van der Waals surface area contributed by atoms with E-state index in [1.807, 2.05) is 5.32 Å². The SMILES string of the molecule is C=C1c2ccccc2C(=O)N1CC(=O)NC(c1ccccc1)C(F)(F)F. The third kappa shape index (κ3) is 3.33. The quantitative estimate of drug-likeness (QED) is 0.907. The number of alkyl halides is 3. The minimum Gasteiger partial charge on any atom is -0.339 e. The average Bonchev–Trinajstić information content (AvgIpc) is 2.85. The maximum atomic E-state index is 13.3. The van der Waals surface area contributed by atoms with Crippen LogP contribution in [-0.4, -0.2) is 29.4 Å². The van der Waals surface area contributed by atoms with Gasteiger partial charge in [-0.1, -0.05) is 55.1 Å². The molecule has 0 aliphatic carbocycles. The van der Waals surface area contributed by atoms with Crippen LogP contribution in [0.2, 0.25) is 0 Å². The molecule has 0 radical (unpaired) electrons. The zero-order valence-electron chi connectivity index (χ0n) is 13.6. The summed E-state index contributed by atoms with van der Waals surface area (Å²) >= 11 is 0. The van der Waals surface area contributed by atoms with Crippen LogP contribution in [-0.2, 0) is 4.79 Å². The van der Waals surface area contributed by atoms with Gasteiger partial charge in [0.1, 0.15) is 6.54 Å². The number of hydrogen-bond acceptors (Lipinski definition) is 2. The van der Waals surface area contributed by atoms with Crippen LogP contribution in [0.4, 0.5) is 13.2 Å². The smallest absolute Gasteiger partial charge is 0.339 e. The van der Waals surface area contributed by atoms with E-state index >= 15 is 0 Å². The molecule has 1 heterocycles. The summed E-state index contributed by atoms with van der Waals surface area (Å²) in [4.78, 5) is 25.7. The van der Waals surface area contributed by atoms with Crippen molar-refractivity contribution in [2.75, 3.05) is 6.54 Å². The first-order chi connectivity index (χ1) is 12.3. The molecule has 0 spiro atoms. The molecule has 0 saturated carbocycles. The van der Waals surface area contributed by atoms with E-state index in [0.29, 0.717) is 16.8 Å². The lowest BCUT2D eigenvalue weighted by molar-refractivity contribution is -0.163. The lowest BCUT2D eigenvalue weighted by Crippen LogP contribution is -2.43. The van der Waals surface area contributed by atoms with Gasteiger partial charge in [-0.2, -0.15) is 13.2 Å². The number of hydrogen-bond donors (Lipinski definition) is 1. The first-order valence-electron chi connectivity index (χ1n) is 7.80. The fourth-order valence-electron chi connectivity index (χ4n) is 2.85. The van der Waals surface area contributed by atoms with E-state index in [9.17, 15) is 22.8 Å². The van der Waals surface area contributed by atoms with Crippen LogP contribution in [0, 0.1) is 0 Å². The van der Waals surface area contributed by atoms with Gasteiger partial charge in [-0.15, -0.1) is 0 Å². The number of carbonyl (C=O) groups is 2. The van der Waals surface area contributed by atoms with Crippen molar-refractivity contribution in [1.82, 2.24) is 10.2 Å². The summed E-state index contributed by atoms with van der Waals surface area (Å²) in [5.41, 5.74) is 1.16. The lowest BCUT2D eigenvalue weighted by atomic mass is 10.1. The molecule has 0 aromatic heterocycles. The molecule has 0 fully saturated rings. The third-order valence-corrected chi connectivity index (χ3v) is 4.11. The van der Waals surface area contributed by atoms with Crippen LogP contribution in [0.15, 0.2) is 61.2 Å². The Labute approximate surface area is 147 Å². The first-order valence-corrected chi connectivity index (χ1v) is 7.80. The van der Waals surface area contributed by atoms with Gasteiger partial charge in [0.15, 0.2) is 6.04 Å². The number of halogens is 3. The van der Waals surface area contributed by atoms with Crippen molar-refractivity contribution in [1.29, 1.82) is 0 Å². The lowest BCUT2D eigenvalue weighted by Gasteiger charge is -2.24. The van der Waals surface area contributed by atoms with Crippen molar-refractivity contribution in [3.8, 4) is 0 Å². The van der Waals surface area contributed by atoms with Crippen molar-refractivity contribution < 1.29 is 22.8 Å². The standard InChI is InChI=1S/C19H15F3N2O2/c1-12-14-9-5-6-10-15(14)18(26)24(12)11-16(25)23-17(19(20,21)22)13-7-3-2-4-8-13/h2-10,17H,1,11H2,(H,23,25). The zero-order chi connectivity index (χ0) is 18.9. The van der Waals surface area contributed by atoms with Gasteiger partial charge in [0, 0.05) is 16.8 Å². The number of carbonyl (C=O) groups excluding carboxylic acids is 2. The second-order valence-corrected chi connectivity index (χ2v) is 5.84. The molecule has 3 rings (SSSR count). The molecule has 0 saturated heterocycles. The van der Waals surface area contributed by atoms with Gasteiger partial charge >= 0.3 is 6.18 Å². The van der Waals surface area contributed by atoms with Gasteiger partial charge < -0.3 is 5.32 Å². The van der Waals surface area contributed by atoms with Crippen molar-refractivity contribution in [3.05, 3.63) is 77.9 Å². The largest absolute Gasteiger partial charge is 0.412 e. The van der Waals surface area contributed by atoms with Gasteiger partial charge in [-0.3, -0.25) is 14.5 Å². The minimum absolute atomic E-state index is 0.0804. The Morgan fingerprint density at radius 2 is 1.62 bits per heavy atom. The predicted molar refractivity (Wildman–Crippen MR) is 89.9 cm³/mol. The number of nitrogens with one attached hydrogen (secondary N) is 1. The van der Waals surface area contributed by atoms with Crippen LogP contribution >= 0.6 is 0 Å². The molecule has 1 unspecified atom stereocenters. The fourth-order valence-corrected chi connectivity index (χ4v) is 2.85. The fraction of sp³-hybridized carbons (Fsp3) is 0.158. The van der Waals surface area contributed by atoms with Crippen LogP contribution < -0.4 is 5.32 Å². The predicted octanol–water partition coefficient (Wildman–Crippen LogP) is 3.53. The third-order valence-electron chi connectivity index (χ3n) is 4.11. The number of rotatable bonds is 4. The van der Waals surface area contributed by atoms with Crippen LogP contribution in [0.1, 0.15) is 27.5 Å². The topological polar surface area (TPSA) is 49.4 Å². The van der Waals surface area contributed by atoms with E-state index in [0.717, 1.165) is 4.90 Å². The molecule has 1 aliphatic rings. The van der Waals surface area contributed by atoms with Gasteiger partial charge in [-0.25, -0.2) is 0 Å². The molecule has 7 heteroatoms. The van der Waals surface area contributed by atoms with Crippen LogP contribution in [0.5, 0.6) is 0 Å². The highest BCUT2D eigenvalue weighted by Gasteiger charge is 2.42. The maximum absolute atomic E-state index is 13.3. The summed E-state index contributed by atoms with van der Waals surface area (Å²) in [6.07, 6.45) is -4.66. The Morgan fingerprint density at radius 1 is 1.04 bits per heavy atom.